The van der Waals surface area contributed by atoms with E-state index in [9.17, 15) is 0 Å². The van der Waals surface area contributed by atoms with Gasteiger partial charge in [0.05, 0.1) is 22.3 Å². The monoisotopic (exact) mass is 367 g/mol. The highest BCUT2D eigenvalue weighted by Gasteiger charge is 2.40. The van der Waals surface area contributed by atoms with Crippen molar-refractivity contribution in [1.29, 1.82) is 10.8 Å². The molecule has 0 atom stereocenters. The van der Waals surface area contributed by atoms with Crippen LogP contribution < -0.4 is 10.2 Å². The number of aromatic amines is 1. The predicted octanol–water partition coefficient (Wildman–Crippen LogP) is 5.10. The van der Waals surface area contributed by atoms with Crippen LogP contribution in [-0.4, -0.2) is 22.2 Å². The second-order valence-corrected chi connectivity index (χ2v) is 7.21. The Morgan fingerprint density at radius 3 is 2.63 bits per heavy atom. The molecule has 138 valence electrons. The van der Waals surface area contributed by atoms with E-state index < -0.39 is 17.2 Å². The first kappa shape index (κ1) is 17.2. The standard InChI is InChI=1S/C20H19F2N5/c1-10(23)27-18-14(26-20(2,3)19(27)24)9-13(21)15(16(18)22)12-6-4-5-11-7-8-25-17(11)12/h4-9,23-26H,1-3H3. The van der Waals surface area contributed by atoms with E-state index in [1.807, 2.05) is 12.1 Å². The van der Waals surface area contributed by atoms with Crippen molar-refractivity contribution in [2.45, 2.75) is 26.3 Å². The third-order valence-electron chi connectivity index (χ3n) is 4.87. The molecule has 27 heavy (non-hydrogen) atoms. The van der Waals surface area contributed by atoms with Crippen molar-refractivity contribution in [1.82, 2.24) is 4.98 Å². The molecule has 0 saturated carbocycles. The van der Waals surface area contributed by atoms with Crippen LogP contribution in [0.15, 0.2) is 36.5 Å². The molecule has 0 radical (unpaired) electrons. The van der Waals surface area contributed by atoms with Crippen molar-refractivity contribution in [2.75, 3.05) is 10.2 Å². The molecule has 0 bridgehead atoms. The van der Waals surface area contributed by atoms with Gasteiger partial charge in [-0.3, -0.25) is 15.7 Å². The first-order valence-electron chi connectivity index (χ1n) is 8.53. The molecule has 0 saturated heterocycles. The lowest BCUT2D eigenvalue weighted by Crippen LogP contribution is -2.55. The van der Waals surface area contributed by atoms with Crippen LogP contribution in [0.4, 0.5) is 20.2 Å². The van der Waals surface area contributed by atoms with Crippen LogP contribution in [0.2, 0.25) is 0 Å². The number of hydrogen-bond donors (Lipinski definition) is 4. The lowest BCUT2D eigenvalue weighted by Gasteiger charge is -2.42. The highest BCUT2D eigenvalue weighted by molar-refractivity contribution is 6.23. The van der Waals surface area contributed by atoms with Crippen molar-refractivity contribution in [3.8, 4) is 11.1 Å². The van der Waals surface area contributed by atoms with Crippen LogP contribution in [0.5, 0.6) is 0 Å². The van der Waals surface area contributed by atoms with Gasteiger partial charge in [0.25, 0.3) is 0 Å². The van der Waals surface area contributed by atoms with Crippen molar-refractivity contribution in [2.24, 2.45) is 0 Å². The maximum Gasteiger partial charge on any atom is 0.160 e. The second kappa shape index (κ2) is 5.64. The van der Waals surface area contributed by atoms with Gasteiger partial charge in [-0.25, -0.2) is 8.78 Å². The Morgan fingerprint density at radius 2 is 1.93 bits per heavy atom. The van der Waals surface area contributed by atoms with Crippen molar-refractivity contribution < 1.29 is 8.78 Å². The smallest absolute Gasteiger partial charge is 0.160 e. The van der Waals surface area contributed by atoms with Gasteiger partial charge in [0.1, 0.15) is 23.2 Å². The Kier molecular flexibility index (Phi) is 3.59. The van der Waals surface area contributed by atoms with Gasteiger partial charge in [-0.1, -0.05) is 18.2 Å². The highest BCUT2D eigenvalue weighted by Crippen LogP contribution is 2.44. The molecular weight excluding hydrogens is 348 g/mol. The summed E-state index contributed by atoms with van der Waals surface area (Å²) in [7, 11) is 0. The summed E-state index contributed by atoms with van der Waals surface area (Å²) in [5.74, 6) is -1.48. The number of fused-ring (bicyclic) bond motifs is 2. The molecule has 1 aromatic heterocycles. The summed E-state index contributed by atoms with van der Waals surface area (Å²) in [6.07, 6.45) is 1.72. The Balaban J connectivity index is 2.05. The van der Waals surface area contributed by atoms with Gasteiger partial charge in [-0.15, -0.1) is 0 Å². The lowest BCUT2D eigenvalue weighted by atomic mass is 9.94. The lowest BCUT2D eigenvalue weighted by molar-refractivity contribution is 0.587. The number of para-hydroxylation sites is 1. The van der Waals surface area contributed by atoms with Gasteiger partial charge >= 0.3 is 0 Å². The fraction of sp³-hybridized carbons (Fsp3) is 0.200. The molecular formula is C20H19F2N5. The molecule has 2 aromatic carbocycles. The number of aromatic nitrogens is 1. The van der Waals surface area contributed by atoms with E-state index in [4.69, 9.17) is 10.8 Å². The number of benzene rings is 2. The zero-order valence-electron chi connectivity index (χ0n) is 15.2. The van der Waals surface area contributed by atoms with E-state index in [1.54, 1.807) is 32.2 Å². The van der Waals surface area contributed by atoms with E-state index in [2.05, 4.69) is 10.3 Å². The number of H-pyrrole nitrogens is 1. The Hall–Kier alpha value is -3.22. The van der Waals surface area contributed by atoms with Crippen LogP contribution >= 0.6 is 0 Å². The minimum absolute atomic E-state index is 0.00761. The fourth-order valence-electron chi connectivity index (χ4n) is 3.59. The molecule has 4 rings (SSSR count). The van der Waals surface area contributed by atoms with E-state index >= 15 is 8.78 Å². The molecule has 3 aromatic rings. The maximum absolute atomic E-state index is 15.6. The van der Waals surface area contributed by atoms with E-state index in [-0.39, 0.29) is 28.6 Å². The van der Waals surface area contributed by atoms with Gasteiger partial charge in [0.2, 0.25) is 0 Å². The Morgan fingerprint density at radius 1 is 1.19 bits per heavy atom. The SMILES string of the molecule is CC(=N)N1C(=N)C(C)(C)Nc2cc(F)c(-c3cccc4cc[nH]c34)c(F)c21. The zero-order chi connectivity index (χ0) is 19.5. The Bertz CT molecular complexity index is 1110. The molecule has 0 spiro atoms. The number of nitrogens with zero attached hydrogens (tertiary/aromatic N) is 1. The van der Waals surface area contributed by atoms with E-state index in [0.29, 0.717) is 11.1 Å². The maximum atomic E-state index is 15.6. The van der Waals surface area contributed by atoms with Crippen LogP contribution in [0.25, 0.3) is 22.0 Å². The van der Waals surface area contributed by atoms with Crippen LogP contribution in [0.3, 0.4) is 0 Å². The molecule has 7 heteroatoms. The van der Waals surface area contributed by atoms with Gasteiger partial charge in [-0.05, 0) is 32.2 Å². The first-order chi connectivity index (χ1) is 12.7. The average molecular weight is 367 g/mol. The topological polar surface area (TPSA) is 78.8 Å². The average Bonchev–Trinajstić information content (AvgIpc) is 3.05. The molecule has 0 amide bonds. The summed E-state index contributed by atoms with van der Waals surface area (Å²) < 4.78 is 30.7. The Labute approximate surface area is 155 Å². The van der Waals surface area contributed by atoms with Crippen molar-refractivity contribution >= 4 is 33.9 Å². The minimum Gasteiger partial charge on any atom is -0.371 e. The summed E-state index contributed by atoms with van der Waals surface area (Å²) in [5.41, 5.74) is 0.200. The quantitative estimate of drug-likeness (QED) is 0.357. The highest BCUT2D eigenvalue weighted by atomic mass is 19.1. The molecule has 2 heterocycles. The largest absolute Gasteiger partial charge is 0.371 e. The summed E-state index contributed by atoms with van der Waals surface area (Å²) in [5, 5.41) is 20.3. The molecule has 0 fully saturated rings. The number of amidine groups is 2. The van der Waals surface area contributed by atoms with Gasteiger partial charge < -0.3 is 10.3 Å². The third kappa shape index (κ3) is 2.42. The molecule has 4 N–H and O–H groups in total. The molecule has 0 unspecified atom stereocenters. The summed E-state index contributed by atoms with van der Waals surface area (Å²) in [6, 6.07) is 8.32. The van der Waals surface area contributed by atoms with Crippen LogP contribution in [-0.2, 0) is 0 Å². The number of anilines is 2. The number of nitrogens with one attached hydrogen (secondary N) is 4. The molecule has 0 aliphatic carbocycles. The van der Waals surface area contributed by atoms with Crippen molar-refractivity contribution in [3.63, 3.8) is 0 Å². The normalized spacial score (nSPS) is 15.6. The summed E-state index contributed by atoms with van der Waals surface area (Å²) in [6.45, 7) is 4.95. The van der Waals surface area contributed by atoms with E-state index in [1.165, 1.54) is 17.9 Å². The number of halogens is 2. The predicted molar refractivity (Wildman–Crippen MR) is 105 cm³/mol. The molecule has 1 aliphatic rings. The second-order valence-electron chi connectivity index (χ2n) is 7.21. The van der Waals surface area contributed by atoms with E-state index in [0.717, 1.165) is 5.39 Å². The van der Waals surface area contributed by atoms with Crippen LogP contribution in [0.1, 0.15) is 20.8 Å². The van der Waals surface area contributed by atoms with Gasteiger partial charge in [0, 0.05) is 17.8 Å². The molecule has 5 nitrogen and oxygen atoms in total. The first-order valence-corrected chi connectivity index (χ1v) is 8.53. The fourth-order valence-corrected chi connectivity index (χ4v) is 3.59. The van der Waals surface area contributed by atoms with Crippen LogP contribution in [0, 0.1) is 22.5 Å². The molecule has 1 aliphatic heterocycles. The van der Waals surface area contributed by atoms with Gasteiger partial charge in [-0.2, -0.15) is 0 Å². The summed E-state index contributed by atoms with van der Waals surface area (Å²) >= 11 is 0. The number of hydrogen-bond acceptors (Lipinski definition) is 3. The summed E-state index contributed by atoms with van der Waals surface area (Å²) in [4.78, 5) is 4.25. The van der Waals surface area contributed by atoms with Crippen molar-refractivity contribution in [3.05, 3.63) is 48.2 Å². The van der Waals surface area contributed by atoms with Gasteiger partial charge in [0.15, 0.2) is 5.82 Å². The number of rotatable bonds is 1. The zero-order valence-corrected chi connectivity index (χ0v) is 15.2. The minimum atomic E-state index is -0.866. The third-order valence-corrected chi connectivity index (χ3v) is 4.87.